The molecule has 1 aliphatic heterocycles. The molecule has 1 aromatic carbocycles. The number of sulfone groups is 1. The van der Waals surface area contributed by atoms with Gasteiger partial charge in [-0.25, -0.2) is 8.42 Å². The summed E-state index contributed by atoms with van der Waals surface area (Å²) in [6, 6.07) is 10.7. The molecular weight excluding hydrogens is 370 g/mol. The lowest BCUT2D eigenvalue weighted by Crippen LogP contribution is -2.29. The van der Waals surface area contributed by atoms with Gasteiger partial charge in [-0.05, 0) is 48.7 Å². The van der Waals surface area contributed by atoms with Crippen molar-refractivity contribution in [3.63, 3.8) is 0 Å². The van der Waals surface area contributed by atoms with Crippen molar-refractivity contribution in [2.24, 2.45) is 5.92 Å². The van der Waals surface area contributed by atoms with Gasteiger partial charge in [0.05, 0.1) is 11.5 Å². The molecule has 0 unspecified atom stereocenters. The van der Waals surface area contributed by atoms with Crippen LogP contribution in [-0.4, -0.2) is 32.4 Å². The monoisotopic (exact) mass is 385 g/mol. The molecule has 2 aromatic rings. The summed E-state index contributed by atoms with van der Waals surface area (Å²) in [5, 5.41) is 4.00. The van der Waals surface area contributed by atoms with Crippen molar-refractivity contribution in [2.75, 3.05) is 18.1 Å². The molecule has 0 spiro atoms. The lowest BCUT2D eigenvalue weighted by molar-refractivity contribution is 0.0915. The van der Waals surface area contributed by atoms with Crippen LogP contribution in [0.25, 0.3) is 0 Å². The second-order valence-corrected chi connectivity index (χ2v) is 9.40. The SMILES string of the molecule is O=C(NC[C@@H]1CCS(=O)(=O)C1)c1ccc(Sc2ccc(Cl)cc2)o1. The first kappa shape index (κ1) is 17.4. The smallest absolute Gasteiger partial charge is 0.287 e. The predicted molar refractivity (Wildman–Crippen MR) is 93.4 cm³/mol. The van der Waals surface area contributed by atoms with Crippen molar-refractivity contribution in [1.29, 1.82) is 0 Å². The summed E-state index contributed by atoms with van der Waals surface area (Å²) in [6.45, 7) is 0.346. The molecule has 5 nitrogen and oxygen atoms in total. The number of hydrogen-bond acceptors (Lipinski definition) is 5. The van der Waals surface area contributed by atoms with Crippen LogP contribution in [0.1, 0.15) is 17.0 Å². The van der Waals surface area contributed by atoms with E-state index < -0.39 is 9.84 Å². The second-order valence-electron chi connectivity index (χ2n) is 5.65. The molecule has 1 saturated heterocycles. The Morgan fingerprint density at radius 2 is 2.00 bits per heavy atom. The summed E-state index contributed by atoms with van der Waals surface area (Å²) in [4.78, 5) is 13.0. The van der Waals surface area contributed by atoms with E-state index in [1.165, 1.54) is 11.8 Å². The number of nitrogens with one attached hydrogen (secondary N) is 1. The van der Waals surface area contributed by atoms with E-state index in [1.807, 2.05) is 12.1 Å². The van der Waals surface area contributed by atoms with E-state index in [9.17, 15) is 13.2 Å². The normalized spacial score (nSPS) is 19.3. The average molecular weight is 386 g/mol. The van der Waals surface area contributed by atoms with Gasteiger partial charge >= 0.3 is 0 Å². The lowest BCUT2D eigenvalue weighted by atomic mass is 10.1. The summed E-state index contributed by atoms with van der Waals surface area (Å²) in [7, 11) is -2.93. The fourth-order valence-electron chi connectivity index (χ4n) is 2.47. The Kier molecular flexibility index (Phi) is 5.22. The van der Waals surface area contributed by atoms with Gasteiger partial charge in [-0.3, -0.25) is 4.79 Å². The summed E-state index contributed by atoms with van der Waals surface area (Å²) >= 11 is 7.24. The van der Waals surface area contributed by atoms with Crippen LogP contribution in [0.2, 0.25) is 5.02 Å². The Hall–Kier alpha value is -1.44. The van der Waals surface area contributed by atoms with Crippen molar-refractivity contribution in [3.05, 3.63) is 47.2 Å². The number of carbonyl (C=O) groups excluding carboxylic acids is 1. The molecule has 128 valence electrons. The first-order chi connectivity index (χ1) is 11.4. The average Bonchev–Trinajstić information content (AvgIpc) is 3.14. The standard InChI is InChI=1S/C16H16ClNO4S2/c17-12-1-3-13(4-2-12)23-15-6-5-14(22-15)16(19)18-9-11-7-8-24(20,21)10-11/h1-6,11H,7-10H2,(H,18,19)/t11-/m0/s1. The van der Waals surface area contributed by atoms with Gasteiger partial charge in [0.25, 0.3) is 5.91 Å². The van der Waals surface area contributed by atoms with E-state index in [-0.39, 0.29) is 29.1 Å². The number of halogens is 1. The van der Waals surface area contributed by atoms with Crippen LogP contribution < -0.4 is 5.32 Å². The molecule has 0 bridgehead atoms. The summed E-state index contributed by atoms with van der Waals surface area (Å²) in [5.41, 5.74) is 0. The number of hydrogen-bond donors (Lipinski definition) is 1. The molecule has 2 heterocycles. The molecule has 1 fully saturated rings. The number of rotatable bonds is 5. The third kappa shape index (κ3) is 4.55. The van der Waals surface area contributed by atoms with Gasteiger partial charge in [-0.2, -0.15) is 0 Å². The Morgan fingerprint density at radius 3 is 2.67 bits per heavy atom. The Bertz CT molecular complexity index is 830. The lowest BCUT2D eigenvalue weighted by Gasteiger charge is -2.08. The molecule has 1 aliphatic rings. The maximum absolute atomic E-state index is 12.1. The Morgan fingerprint density at radius 1 is 1.25 bits per heavy atom. The molecule has 8 heteroatoms. The first-order valence-electron chi connectivity index (χ1n) is 7.43. The molecule has 1 amide bonds. The zero-order chi connectivity index (χ0) is 17.2. The van der Waals surface area contributed by atoms with E-state index in [0.29, 0.717) is 23.1 Å². The van der Waals surface area contributed by atoms with E-state index >= 15 is 0 Å². The minimum atomic E-state index is -2.93. The van der Waals surface area contributed by atoms with Crippen LogP contribution in [0.4, 0.5) is 0 Å². The molecule has 24 heavy (non-hydrogen) atoms. The third-order valence-corrected chi connectivity index (χ3v) is 6.73. The summed E-state index contributed by atoms with van der Waals surface area (Å²) in [6.07, 6.45) is 0.596. The van der Waals surface area contributed by atoms with Crippen LogP contribution >= 0.6 is 23.4 Å². The van der Waals surface area contributed by atoms with Crippen LogP contribution in [0.3, 0.4) is 0 Å². The largest absolute Gasteiger partial charge is 0.444 e. The van der Waals surface area contributed by atoms with Gasteiger partial charge in [0, 0.05) is 16.5 Å². The molecule has 0 radical (unpaired) electrons. The highest BCUT2D eigenvalue weighted by atomic mass is 35.5. The zero-order valence-electron chi connectivity index (χ0n) is 12.7. The molecule has 0 saturated carbocycles. The van der Waals surface area contributed by atoms with Crippen molar-refractivity contribution >= 4 is 39.1 Å². The number of carbonyl (C=O) groups is 1. The Labute approximate surface area is 149 Å². The van der Waals surface area contributed by atoms with Gasteiger partial charge in [-0.1, -0.05) is 23.4 Å². The Balaban J connectivity index is 1.54. The van der Waals surface area contributed by atoms with Crippen molar-refractivity contribution in [1.82, 2.24) is 5.32 Å². The molecule has 1 atom stereocenters. The number of amides is 1. The van der Waals surface area contributed by atoms with Gasteiger partial charge < -0.3 is 9.73 Å². The quantitative estimate of drug-likeness (QED) is 0.854. The minimum absolute atomic E-state index is 0.0168. The minimum Gasteiger partial charge on any atom is -0.444 e. The first-order valence-corrected chi connectivity index (χ1v) is 10.4. The zero-order valence-corrected chi connectivity index (χ0v) is 15.1. The third-order valence-electron chi connectivity index (χ3n) is 3.72. The van der Waals surface area contributed by atoms with Crippen LogP contribution in [0.15, 0.2) is 50.8 Å². The highest BCUT2D eigenvalue weighted by Gasteiger charge is 2.28. The molecule has 0 aliphatic carbocycles. The number of benzene rings is 1. The molecular formula is C16H16ClNO4S2. The van der Waals surface area contributed by atoms with Gasteiger partial charge in [-0.15, -0.1) is 0 Å². The molecule has 1 aromatic heterocycles. The van der Waals surface area contributed by atoms with Crippen LogP contribution in [0.5, 0.6) is 0 Å². The van der Waals surface area contributed by atoms with E-state index in [4.69, 9.17) is 16.0 Å². The van der Waals surface area contributed by atoms with E-state index in [0.717, 1.165) is 4.90 Å². The maximum atomic E-state index is 12.1. The van der Waals surface area contributed by atoms with Crippen molar-refractivity contribution in [2.45, 2.75) is 16.4 Å². The van der Waals surface area contributed by atoms with E-state index in [1.54, 1.807) is 24.3 Å². The summed E-state index contributed by atoms with van der Waals surface area (Å²) in [5.74, 6) is 0.214. The molecule has 3 rings (SSSR count). The number of furan rings is 1. The van der Waals surface area contributed by atoms with Gasteiger partial charge in [0.1, 0.15) is 0 Å². The van der Waals surface area contributed by atoms with Gasteiger partial charge in [0.2, 0.25) is 0 Å². The van der Waals surface area contributed by atoms with Crippen molar-refractivity contribution in [3.8, 4) is 0 Å². The summed E-state index contributed by atoms with van der Waals surface area (Å²) < 4.78 is 28.4. The topological polar surface area (TPSA) is 76.4 Å². The van der Waals surface area contributed by atoms with Crippen LogP contribution in [-0.2, 0) is 9.84 Å². The molecule has 1 N–H and O–H groups in total. The van der Waals surface area contributed by atoms with Crippen molar-refractivity contribution < 1.29 is 17.6 Å². The fraction of sp³-hybridized carbons (Fsp3) is 0.312. The second kappa shape index (κ2) is 7.21. The maximum Gasteiger partial charge on any atom is 0.287 e. The van der Waals surface area contributed by atoms with Crippen LogP contribution in [0, 0.1) is 5.92 Å². The van der Waals surface area contributed by atoms with Gasteiger partial charge in [0.15, 0.2) is 20.7 Å². The predicted octanol–water partition coefficient (Wildman–Crippen LogP) is 3.25. The highest BCUT2D eigenvalue weighted by Crippen LogP contribution is 2.30. The fourth-order valence-corrected chi connectivity index (χ4v) is 5.23. The van der Waals surface area contributed by atoms with E-state index in [2.05, 4.69) is 5.32 Å². The highest BCUT2D eigenvalue weighted by molar-refractivity contribution is 7.99.